The molecule has 0 aliphatic rings. The Morgan fingerprint density at radius 1 is 1.07 bits per heavy atom. The average molecular weight is 414 g/mol. The third kappa shape index (κ3) is 3.12. The molecule has 4 aromatic rings. The summed E-state index contributed by atoms with van der Waals surface area (Å²) < 4.78 is 30.9. The minimum Gasteiger partial charge on any atom is -0.378 e. The predicted octanol–water partition coefficient (Wildman–Crippen LogP) is 3.58. The van der Waals surface area contributed by atoms with Crippen molar-refractivity contribution in [3.63, 3.8) is 0 Å². The molecule has 4 rings (SSSR count). The maximum atomic E-state index is 12.9. The van der Waals surface area contributed by atoms with Gasteiger partial charge >= 0.3 is 0 Å². The fourth-order valence-corrected chi connectivity index (χ4v) is 4.89. The van der Waals surface area contributed by atoms with Crippen molar-refractivity contribution < 1.29 is 8.42 Å². The highest BCUT2D eigenvalue weighted by atomic mass is 32.2. The Hall–Kier alpha value is -2.91. The third-order valence-electron chi connectivity index (χ3n) is 4.60. The minimum absolute atomic E-state index is 0.202. The Kier molecular flexibility index (Phi) is 4.56. The van der Waals surface area contributed by atoms with E-state index in [0.717, 1.165) is 43.6 Å². The number of fused-ring (bicyclic) bond motifs is 1. The third-order valence-corrected chi connectivity index (χ3v) is 7.21. The first kappa shape index (κ1) is 18.5. The van der Waals surface area contributed by atoms with Gasteiger partial charge in [-0.1, -0.05) is 18.2 Å². The lowest BCUT2D eigenvalue weighted by Crippen LogP contribution is -2.26. The number of nitrogens with zero attached hydrogens (tertiary/aromatic N) is 4. The molecule has 0 amide bonds. The second-order valence-corrected chi connectivity index (χ2v) is 9.28. The van der Waals surface area contributed by atoms with Crippen molar-refractivity contribution in [2.75, 3.05) is 30.3 Å². The van der Waals surface area contributed by atoms with E-state index >= 15 is 0 Å². The highest BCUT2D eigenvalue weighted by Gasteiger charge is 2.24. The van der Waals surface area contributed by atoms with Gasteiger partial charge in [-0.05, 0) is 29.8 Å². The number of nitrogens with one attached hydrogen (secondary N) is 1. The van der Waals surface area contributed by atoms with Crippen LogP contribution in [0.15, 0.2) is 59.9 Å². The number of aromatic amines is 1. The molecule has 0 radical (unpaired) electrons. The summed E-state index contributed by atoms with van der Waals surface area (Å²) in [6.07, 6.45) is 3.25. The van der Waals surface area contributed by atoms with Gasteiger partial charge in [0.25, 0.3) is 10.0 Å². The van der Waals surface area contributed by atoms with Crippen LogP contribution in [0.5, 0.6) is 0 Å². The van der Waals surface area contributed by atoms with Gasteiger partial charge in [-0.15, -0.1) is 0 Å². The molecule has 2 heterocycles. The normalized spacial score (nSPS) is 11.7. The van der Waals surface area contributed by atoms with Gasteiger partial charge in [-0.3, -0.25) is 0 Å². The highest BCUT2D eigenvalue weighted by Crippen LogP contribution is 2.32. The smallest absolute Gasteiger partial charge is 0.265 e. The van der Waals surface area contributed by atoms with Crippen molar-refractivity contribution in [3.8, 4) is 11.1 Å². The number of hydrogen-bond donors (Lipinski definition) is 1. The van der Waals surface area contributed by atoms with E-state index in [1.165, 1.54) is 13.4 Å². The van der Waals surface area contributed by atoms with Crippen LogP contribution in [0.2, 0.25) is 0 Å². The van der Waals surface area contributed by atoms with E-state index < -0.39 is 10.0 Å². The first-order valence-electron chi connectivity index (χ1n) is 8.52. The van der Waals surface area contributed by atoms with Crippen molar-refractivity contribution in [3.05, 3.63) is 55.0 Å². The molecule has 2 aromatic carbocycles. The molecule has 0 saturated heterocycles. The molecule has 2 aromatic heterocycles. The lowest BCUT2D eigenvalue weighted by Gasteiger charge is -2.16. The molecule has 0 aliphatic carbocycles. The zero-order valence-corrected chi connectivity index (χ0v) is 17.3. The summed E-state index contributed by atoms with van der Waals surface area (Å²) in [6.45, 7) is 0. The molecule has 1 N–H and O–H groups in total. The van der Waals surface area contributed by atoms with Crippen LogP contribution < -0.4 is 9.21 Å². The van der Waals surface area contributed by atoms with Crippen LogP contribution in [0.25, 0.3) is 22.0 Å². The zero-order chi connectivity index (χ0) is 19.9. The molecule has 0 aliphatic heterocycles. The molecule has 0 unspecified atom stereocenters. The molecule has 0 spiro atoms. The van der Waals surface area contributed by atoms with Crippen LogP contribution in [-0.4, -0.2) is 43.9 Å². The summed E-state index contributed by atoms with van der Waals surface area (Å²) in [5, 5.41) is 1.29. The van der Waals surface area contributed by atoms with Crippen molar-refractivity contribution >= 4 is 43.3 Å². The summed E-state index contributed by atoms with van der Waals surface area (Å²) in [6, 6.07) is 13.3. The van der Waals surface area contributed by atoms with E-state index in [9.17, 15) is 8.42 Å². The van der Waals surface area contributed by atoms with Crippen LogP contribution in [0.4, 0.5) is 10.8 Å². The van der Waals surface area contributed by atoms with Gasteiger partial charge in [0, 0.05) is 61.0 Å². The van der Waals surface area contributed by atoms with Gasteiger partial charge in [0.1, 0.15) is 6.33 Å². The summed E-state index contributed by atoms with van der Waals surface area (Å²) in [7, 11) is 1.77. The lowest BCUT2D eigenvalue weighted by atomic mass is 10.0. The predicted molar refractivity (Wildman–Crippen MR) is 114 cm³/mol. The Labute approximate surface area is 167 Å². The standard InChI is InChI=1S/C19H19N5O2S2/c1-23(2)14-6-4-5-13(9-14)17-11-20-18-10-15(7-8-16(17)18)28(25,26)24(3)19-21-12-22-27-19/h4-12,20H,1-3H3. The van der Waals surface area contributed by atoms with E-state index in [2.05, 4.69) is 20.4 Å². The van der Waals surface area contributed by atoms with E-state index in [1.807, 2.05) is 49.5 Å². The minimum atomic E-state index is -3.71. The summed E-state index contributed by atoms with van der Waals surface area (Å²) >= 11 is 1.04. The van der Waals surface area contributed by atoms with Crippen LogP contribution >= 0.6 is 11.5 Å². The van der Waals surface area contributed by atoms with Crippen LogP contribution in [0, 0.1) is 0 Å². The van der Waals surface area contributed by atoms with Gasteiger partial charge in [0.05, 0.1) is 4.90 Å². The molecule has 0 atom stereocenters. The lowest BCUT2D eigenvalue weighted by molar-refractivity contribution is 0.594. The van der Waals surface area contributed by atoms with Gasteiger partial charge < -0.3 is 9.88 Å². The van der Waals surface area contributed by atoms with Gasteiger partial charge in [0.15, 0.2) is 0 Å². The van der Waals surface area contributed by atoms with E-state index in [4.69, 9.17) is 0 Å². The molecular formula is C19H19N5O2S2. The topological polar surface area (TPSA) is 82.2 Å². The molecule has 144 valence electrons. The molecule has 0 bridgehead atoms. The van der Waals surface area contributed by atoms with Crippen molar-refractivity contribution in [2.24, 2.45) is 0 Å². The molecule has 9 heteroatoms. The van der Waals surface area contributed by atoms with Crippen LogP contribution in [-0.2, 0) is 10.0 Å². The first-order valence-corrected chi connectivity index (χ1v) is 10.7. The molecule has 28 heavy (non-hydrogen) atoms. The number of H-pyrrole nitrogens is 1. The van der Waals surface area contributed by atoms with E-state index in [1.54, 1.807) is 12.1 Å². The monoisotopic (exact) mass is 413 g/mol. The maximum Gasteiger partial charge on any atom is 0.265 e. The molecule has 0 fully saturated rings. The number of rotatable bonds is 5. The van der Waals surface area contributed by atoms with Gasteiger partial charge in [0.2, 0.25) is 5.13 Å². The van der Waals surface area contributed by atoms with Crippen molar-refractivity contribution in [1.29, 1.82) is 0 Å². The Morgan fingerprint density at radius 2 is 1.89 bits per heavy atom. The quantitative estimate of drug-likeness (QED) is 0.541. The summed E-state index contributed by atoms with van der Waals surface area (Å²) in [4.78, 5) is 9.43. The number of hydrogen-bond acceptors (Lipinski definition) is 6. The first-order chi connectivity index (χ1) is 13.4. The number of sulfonamides is 1. The maximum absolute atomic E-state index is 12.9. The van der Waals surface area contributed by atoms with Crippen LogP contribution in [0.3, 0.4) is 0 Å². The van der Waals surface area contributed by atoms with Crippen molar-refractivity contribution in [1.82, 2.24) is 14.3 Å². The van der Waals surface area contributed by atoms with Gasteiger partial charge in [-0.25, -0.2) is 17.7 Å². The largest absolute Gasteiger partial charge is 0.378 e. The Bertz CT molecular complexity index is 1230. The fourth-order valence-electron chi connectivity index (χ4n) is 3.02. The second-order valence-electron chi connectivity index (χ2n) is 6.55. The molecular weight excluding hydrogens is 394 g/mol. The summed E-state index contributed by atoms with van der Waals surface area (Å²) in [5.41, 5.74) is 3.96. The van der Waals surface area contributed by atoms with E-state index in [-0.39, 0.29) is 4.90 Å². The SMILES string of the molecule is CN(C)c1cccc(-c2c[nH]c3cc(S(=O)(=O)N(C)c4ncns4)ccc23)c1. The number of anilines is 2. The van der Waals surface area contributed by atoms with Gasteiger partial charge in [-0.2, -0.15) is 4.37 Å². The summed E-state index contributed by atoms with van der Waals surface area (Å²) in [5.74, 6) is 0. The Morgan fingerprint density at radius 3 is 2.61 bits per heavy atom. The highest BCUT2D eigenvalue weighted by molar-refractivity contribution is 7.93. The van der Waals surface area contributed by atoms with Crippen LogP contribution in [0.1, 0.15) is 0 Å². The molecule has 7 nitrogen and oxygen atoms in total. The molecule has 0 saturated carbocycles. The van der Waals surface area contributed by atoms with E-state index in [0.29, 0.717) is 5.13 Å². The number of benzene rings is 2. The average Bonchev–Trinajstić information content (AvgIpc) is 3.36. The van der Waals surface area contributed by atoms with Crippen molar-refractivity contribution in [2.45, 2.75) is 4.90 Å². The Balaban J connectivity index is 1.75. The fraction of sp³-hybridized carbons (Fsp3) is 0.158. The zero-order valence-electron chi connectivity index (χ0n) is 15.6. The second kappa shape index (κ2) is 6.92. The number of aromatic nitrogens is 3.